The maximum absolute atomic E-state index is 2.75. The molecule has 1 fully saturated rings. The topological polar surface area (TPSA) is 12.0 Å². The molecule has 11 heavy (non-hydrogen) atoms. The van der Waals surface area contributed by atoms with E-state index in [4.69, 9.17) is 0 Å². The molecule has 0 aromatic heterocycles. The second-order valence-corrected chi connectivity index (χ2v) is 3.74. The van der Waals surface area contributed by atoms with E-state index in [1.165, 1.54) is 25.7 Å². The van der Waals surface area contributed by atoms with Gasteiger partial charge >= 0.3 is 0 Å². The van der Waals surface area contributed by atoms with Crippen LogP contribution >= 0.6 is 0 Å². The van der Waals surface area contributed by atoms with E-state index in [0.717, 1.165) is 11.8 Å². The highest BCUT2D eigenvalue weighted by atomic mass is 14.7. The van der Waals surface area contributed by atoms with Crippen LogP contribution in [0.25, 0.3) is 0 Å². The highest BCUT2D eigenvalue weighted by Crippen LogP contribution is 2.28. The van der Waals surface area contributed by atoms with E-state index in [1.807, 2.05) is 14.1 Å². The minimum atomic E-state index is 1.00. The molecule has 1 heteroatoms. The van der Waals surface area contributed by atoms with E-state index in [1.54, 1.807) is 0 Å². The maximum atomic E-state index is 2.75. The zero-order valence-corrected chi connectivity index (χ0v) is 8.48. The SMILES string of the molecule is CC1CCCCC1C.CNC. The van der Waals surface area contributed by atoms with E-state index >= 15 is 0 Å². The van der Waals surface area contributed by atoms with E-state index in [2.05, 4.69) is 19.2 Å². The van der Waals surface area contributed by atoms with Crippen LogP contribution in [-0.2, 0) is 0 Å². The van der Waals surface area contributed by atoms with Crippen molar-refractivity contribution in [1.82, 2.24) is 5.32 Å². The highest BCUT2D eigenvalue weighted by molar-refractivity contribution is 4.67. The lowest BCUT2D eigenvalue weighted by atomic mass is 9.82. The van der Waals surface area contributed by atoms with E-state index < -0.39 is 0 Å². The van der Waals surface area contributed by atoms with Gasteiger partial charge in [0.05, 0.1) is 0 Å². The Labute approximate surface area is 71.6 Å². The van der Waals surface area contributed by atoms with Crippen molar-refractivity contribution in [3.63, 3.8) is 0 Å². The Bertz CT molecular complexity index is 70.9. The molecule has 1 saturated carbocycles. The minimum absolute atomic E-state index is 1.00. The van der Waals surface area contributed by atoms with Crippen LogP contribution in [-0.4, -0.2) is 14.1 Å². The highest BCUT2D eigenvalue weighted by Gasteiger charge is 2.15. The molecule has 0 bridgehead atoms. The lowest BCUT2D eigenvalue weighted by molar-refractivity contribution is 0.277. The summed E-state index contributed by atoms with van der Waals surface area (Å²) in [5.41, 5.74) is 0. The van der Waals surface area contributed by atoms with Crippen LogP contribution in [0.2, 0.25) is 0 Å². The van der Waals surface area contributed by atoms with E-state index in [0.29, 0.717) is 0 Å². The van der Waals surface area contributed by atoms with Gasteiger partial charge in [0, 0.05) is 0 Å². The molecular weight excluding hydrogens is 134 g/mol. The van der Waals surface area contributed by atoms with Crippen molar-refractivity contribution in [3.05, 3.63) is 0 Å². The first-order valence-electron chi connectivity index (χ1n) is 4.80. The Hall–Kier alpha value is -0.0400. The van der Waals surface area contributed by atoms with Gasteiger partial charge in [0.15, 0.2) is 0 Å². The van der Waals surface area contributed by atoms with Crippen LogP contribution < -0.4 is 5.32 Å². The van der Waals surface area contributed by atoms with Crippen LogP contribution in [0.15, 0.2) is 0 Å². The van der Waals surface area contributed by atoms with E-state index in [-0.39, 0.29) is 0 Å². The maximum Gasteiger partial charge on any atom is -0.0167 e. The summed E-state index contributed by atoms with van der Waals surface area (Å²) in [6.07, 6.45) is 5.90. The summed E-state index contributed by atoms with van der Waals surface area (Å²) < 4.78 is 0. The van der Waals surface area contributed by atoms with Crippen LogP contribution in [0.1, 0.15) is 39.5 Å². The number of rotatable bonds is 0. The van der Waals surface area contributed by atoms with Gasteiger partial charge in [0.25, 0.3) is 0 Å². The van der Waals surface area contributed by atoms with E-state index in [9.17, 15) is 0 Å². The Balaban J connectivity index is 0.000000292. The Morgan fingerprint density at radius 2 is 1.18 bits per heavy atom. The predicted molar refractivity (Wildman–Crippen MR) is 51.8 cm³/mol. The number of nitrogens with one attached hydrogen (secondary N) is 1. The van der Waals surface area contributed by atoms with Crippen molar-refractivity contribution >= 4 is 0 Å². The summed E-state index contributed by atoms with van der Waals surface area (Å²) in [4.78, 5) is 0. The summed E-state index contributed by atoms with van der Waals surface area (Å²) in [6.45, 7) is 4.76. The number of hydrogen-bond donors (Lipinski definition) is 1. The van der Waals surface area contributed by atoms with Crippen LogP contribution in [0.5, 0.6) is 0 Å². The molecule has 1 aliphatic rings. The van der Waals surface area contributed by atoms with Crippen molar-refractivity contribution in [2.75, 3.05) is 14.1 Å². The molecule has 2 unspecified atom stereocenters. The lowest BCUT2D eigenvalue weighted by Gasteiger charge is -2.24. The molecule has 68 valence electrons. The fourth-order valence-electron chi connectivity index (χ4n) is 1.50. The largest absolute Gasteiger partial charge is 0.323 e. The molecular formula is C10H23N. The lowest BCUT2D eigenvalue weighted by Crippen LogP contribution is -2.12. The first kappa shape index (κ1) is 11.0. The Kier molecular flexibility index (Phi) is 6.63. The quantitative estimate of drug-likeness (QED) is 0.570. The Morgan fingerprint density at radius 1 is 0.909 bits per heavy atom. The van der Waals surface area contributed by atoms with Gasteiger partial charge in [-0.1, -0.05) is 39.5 Å². The predicted octanol–water partition coefficient (Wildman–Crippen LogP) is 2.67. The molecule has 0 saturated heterocycles. The van der Waals surface area contributed by atoms with Crippen LogP contribution in [0.3, 0.4) is 0 Å². The summed E-state index contributed by atoms with van der Waals surface area (Å²) in [5, 5.41) is 2.75. The molecule has 1 N–H and O–H groups in total. The van der Waals surface area contributed by atoms with Gasteiger partial charge in [0.2, 0.25) is 0 Å². The van der Waals surface area contributed by atoms with Gasteiger partial charge in [0.1, 0.15) is 0 Å². The van der Waals surface area contributed by atoms with Gasteiger partial charge in [-0.3, -0.25) is 0 Å². The van der Waals surface area contributed by atoms with Crippen molar-refractivity contribution in [2.24, 2.45) is 11.8 Å². The van der Waals surface area contributed by atoms with Gasteiger partial charge in [-0.15, -0.1) is 0 Å². The first-order valence-corrected chi connectivity index (χ1v) is 4.80. The molecule has 0 aromatic carbocycles. The van der Waals surface area contributed by atoms with Crippen LogP contribution in [0, 0.1) is 11.8 Å². The summed E-state index contributed by atoms with van der Waals surface area (Å²) in [5.74, 6) is 2.01. The minimum Gasteiger partial charge on any atom is -0.323 e. The monoisotopic (exact) mass is 157 g/mol. The average Bonchev–Trinajstić information content (AvgIpc) is 1.97. The number of hydrogen-bond acceptors (Lipinski definition) is 1. The average molecular weight is 157 g/mol. The molecule has 2 atom stereocenters. The molecule has 0 heterocycles. The van der Waals surface area contributed by atoms with Crippen LogP contribution in [0.4, 0.5) is 0 Å². The van der Waals surface area contributed by atoms with Gasteiger partial charge in [-0.05, 0) is 25.9 Å². The smallest absolute Gasteiger partial charge is 0.0167 e. The Morgan fingerprint density at radius 3 is 1.36 bits per heavy atom. The van der Waals surface area contributed by atoms with Crippen molar-refractivity contribution in [1.29, 1.82) is 0 Å². The summed E-state index contributed by atoms with van der Waals surface area (Å²) in [7, 11) is 3.75. The van der Waals surface area contributed by atoms with Crippen molar-refractivity contribution in [3.8, 4) is 0 Å². The zero-order chi connectivity index (χ0) is 8.69. The molecule has 1 aliphatic carbocycles. The zero-order valence-electron chi connectivity index (χ0n) is 8.48. The second-order valence-electron chi connectivity index (χ2n) is 3.74. The van der Waals surface area contributed by atoms with Gasteiger partial charge in [-0.25, -0.2) is 0 Å². The third-order valence-electron chi connectivity index (χ3n) is 2.54. The molecule has 0 aromatic rings. The third kappa shape index (κ3) is 5.25. The van der Waals surface area contributed by atoms with Gasteiger partial charge < -0.3 is 5.32 Å². The van der Waals surface area contributed by atoms with Crippen molar-refractivity contribution < 1.29 is 0 Å². The van der Waals surface area contributed by atoms with Gasteiger partial charge in [-0.2, -0.15) is 0 Å². The summed E-state index contributed by atoms with van der Waals surface area (Å²) >= 11 is 0. The standard InChI is InChI=1S/C8H16.C2H7N/c1-7-5-3-4-6-8(7)2;1-3-2/h7-8H,3-6H2,1-2H3;3H,1-2H3. The molecule has 0 amide bonds. The fourth-order valence-corrected chi connectivity index (χ4v) is 1.50. The molecule has 1 rings (SSSR count). The summed E-state index contributed by atoms with van der Waals surface area (Å²) in [6, 6.07) is 0. The molecule has 0 aliphatic heterocycles. The van der Waals surface area contributed by atoms with Crippen molar-refractivity contribution in [2.45, 2.75) is 39.5 Å². The molecule has 1 nitrogen and oxygen atoms in total. The normalized spacial score (nSPS) is 30.5. The second kappa shape index (κ2) is 6.66. The first-order chi connectivity index (χ1) is 5.22. The third-order valence-corrected chi connectivity index (χ3v) is 2.54. The molecule has 0 spiro atoms. The molecule has 0 radical (unpaired) electrons. The fraction of sp³-hybridized carbons (Fsp3) is 1.00.